The van der Waals surface area contributed by atoms with Gasteiger partial charge < -0.3 is 10.4 Å². The van der Waals surface area contributed by atoms with Gasteiger partial charge in [-0.3, -0.25) is 0 Å². The highest BCUT2D eigenvalue weighted by atomic mass is 16.3. The molecule has 0 aromatic rings. The van der Waals surface area contributed by atoms with E-state index in [0.717, 1.165) is 6.54 Å². The fourth-order valence-electron chi connectivity index (χ4n) is 0.382. The molecule has 0 aliphatic carbocycles. The molecule has 0 spiro atoms. The normalized spacial score (nSPS) is 10.8. The van der Waals surface area contributed by atoms with Gasteiger partial charge in [0.15, 0.2) is 0 Å². The van der Waals surface area contributed by atoms with Crippen molar-refractivity contribution in [3.05, 3.63) is 12.2 Å². The van der Waals surface area contributed by atoms with E-state index < -0.39 is 0 Å². The third kappa shape index (κ3) is 5.66. The van der Waals surface area contributed by atoms with Crippen molar-refractivity contribution in [2.45, 2.75) is 6.92 Å². The monoisotopic (exact) mass is 115 g/mol. The summed E-state index contributed by atoms with van der Waals surface area (Å²) in [6.45, 7) is 3.74. The minimum atomic E-state index is 0.220. The van der Waals surface area contributed by atoms with E-state index in [2.05, 4.69) is 5.32 Å². The maximum atomic E-state index is 8.28. The first-order valence-corrected chi connectivity index (χ1v) is 2.84. The SMILES string of the molecule is C/C=C\CNCCO. The second kappa shape index (κ2) is 6.66. The first kappa shape index (κ1) is 7.66. The summed E-state index contributed by atoms with van der Waals surface area (Å²) in [6, 6.07) is 0. The van der Waals surface area contributed by atoms with Gasteiger partial charge in [-0.05, 0) is 6.92 Å². The van der Waals surface area contributed by atoms with E-state index in [1.807, 2.05) is 19.1 Å². The van der Waals surface area contributed by atoms with Gasteiger partial charge in [-0.2, -0.15) is 0 Å². The van der Waals surface area contributed by atoms with Crippen LogP contribution in [-0.4, -0.2) is 24.8 Å². The van der Waals surface area contributed by atoms with Crippen molar-refractivity contribution in [2.24, 2.45) is 0 Å². The van der Waals surface area contributed by atoms with Gasteiger partial charge in [-0.25, -0.2) is 0 Å². The summed E-state index contributed by atoms with van der Waals surface area (Å²) < 4.78 is 0. The summed E-state index contributed by atoms with van der Waals surface area (Å²) in [5.74, 6) is 0. The lowest BCUT2D eigenvalue weighted by molar-refractivity contribution is 0.294. The quantitative estimate of drug-likeness (QED) is 0.403. The standard InChI is InChI=1S/C6H13NO/c1-2-3-4-7-5-6-8/h2-3,7-8H,4-6H2,1H3/b3-2-. The van der Waals surface area contributed by atoms with Crippen LogP contribution in [-0.2, 0) is 0 Å². The Bertz CT molecular complexity index is 61.5. The van der Waals surface area contributed by atoms with E-state index in [1.54, 1.807) is 0 Å². The van der Waals surface area contributed by atoms with Gasteiger partial charge in [-0.1, -0.05) is 12.2 Å². The Labute approximate surface area is 50.2 Å². The van der Waals surface area contributed by atoms with Crippen molar-refractivity contribution in [3.8, 4) is 0 Å². The molecule has 0 aromatic carbocycles. The molecule has 0 amide bonds. The van der Waals surface area contributed by atoms with Crippen LogP contribution in [0.15, 0.2) is 12.2 Å². The first-order valence-electron chi connectivity index (χ1n) is 2.84. The molecule has 0 aliphatic rings. The van der Waals surface area contributed by atoms with Gasteiger partial charge in [0.1, 0.15) is 0 Å². The van der Waals surface area contributed by atoms with Crippen LogP contribution in [0.1, 0.15) is 6.92 Å². The van der Waals surface area contributed by atoms with E-state index in [1.165, 1.54) is 0 Å². The average molecular weight is 115 g/mol. The lowest BCUT2D eigenvalue weighted by atomic mass is 10.5. The second-order valence-corrected chi connectivity index (χ2v) is 1.50. The van der Waals surface area contributed by atoms with Crippen molar-refractivity contribution >= 4 is 0 Å². The molecule has 0 heterocycles. The predicted molar refractivity (Wildman–Crippen MR) is 34.8 cm³/mol. The van der Waals surface area contributed by atoms with Crippen molar-refractivity contribution in [3.63, 3.8) is 0 Å². The topological polar surface area (TPSA) is 32.3 Å². The number of aliphatic hydroxyl groups excluding tert-OH is 1. The van der Waals surface area contributed by atoms with E-state index in [0.29, 0.717) is 6.54 Å². The summed E-state index contributed by atoms with van der Waals surface area (Å²) >= 11 is 0. The lowest BCUT2D eigenvalue weighted by Crippen LogP contribution is -2.17. The van der Waals surface area contributed by atoms with Gasteiger partial charge >= 0.3 is 0 Å². The Morgan fingerprint density at radius 1 is 1.62 bits per heavy atom. The number of rotatable bonds is 4. The van der Waals surface area contributed by atoms with Crippen molar-refractivity contribution in [2.75, 3.05) is 19.7 Å². The summed E-state index contributed by atoms with van der Waals surface area (Å²) in [4.78, 5) is 0. The summed E-state index contributed by atoms with van der Waals surface area (Å²) in [7, 11) is 0. The number of nitrogens with one attached hydrogen (secondary N) is 1. The smallest absolute Gasteiger partial charge is 0.0556 e. The molecule has 0 fully saturated rings. The van der Waals surface area contributed by atoms with Crippen LogP contribution in [0.5, 0.6) is 0 Å². The second-order valence-electron chi connectivity index (χ2n) is 1.50. The Balaban J connectivity index is 2.72. The number of hydrogen-bond donors (Lipinski definition) is 2. The van der Waals surface area contributed by atoms with Crippen LogP contribution in [0.25, 0.3) is 0 Å². The molecule has 8 heavy (non-hydrogen) atoms. The predicted octanol–water partition coefficient (Wildman–Crippen LogP) is 0.144. The van der Waals surface area contributed by atoms with Crippen LogP contribution in [0.4, 0.5) is 0 Å². The zero-order valence-corrected chi connectivity index (χ0v) is 5.22. The third-order valence-corrected chi connectivity index (χ3v) is 0.786. The Morgan fingerprint density at radius 3 is 2.88 bits per heavy atom. The van der Waals surface area contributed by atoms with Gasteiger partial charge in [0.05, 0.1) is 6.61 Å². The fraction of sp³-hybridized carbons (Fsp3) is 0.667. The van der Waals surface area contributed by atoms with Crippen LogP contribution in [0.3, 0.4) is 0 Å². The molecular formula is C6H13NO. The van der Waals surface area contributed by atoms with Crippen LogP contribution in [0, 0.1) is 0 Å². The van der Waals surface area contributed by atoms with E-state index in [-0.39, 0.29) is 6.61 Å². The minimum Gasteiger partial charge on any atom is -0.395 e. The van der Waals surface area contributed by atoms with Gasteiger partial charge in [0.25, 0.3) is 0 Å². The molecule has 2 nitrogen and oxygen atoms in total. The summed E-state index contributed by atoms with van der Waals surface area (Å²) in [6.07, 6.45) is 3.99. The van der Waals surface area contributed by atoms with Crippen molar-refractivity contribution in [1.29, 1.82) is 0 Å². The molecule has 0 aliphatic heterocycles. The number of aliphatic hydroxyl groups is 1. The molecule has 0 aromatic heterocycles. The Kier molecular flexibility index (Phi) is 6.38. The van der Waals surface area contributed by atoms with E-state index in [4.69, 9.17) is 5.11 Å². The first-order chi connectivity index (χ1) is 3.91. The highest BCUT2D eigenvalue weighted by Gasteiger charge is 1.75. The molecule has 48 valence electrons. The molecule has 0 rings (SSSR count). The Morgan fingerprint density at radius 2 is 2.38 bits per heavy atom. The molecule has 2 N–H and O–H groups in total. The lowest BCUT2D eigenvalue weighted by Gasteiger charge is -1.93. The van der Waals surface area contributed by atoms with Gasteiger partial charge in [0, 0.05) is 13.1 Å². The highest BCUT2D eigenvalue weighted by Crippen LogP contribution is 1.64. The van der Waals surface area contributed by atoms with Crippen LogP contribution < -0.4 is 5.32 Å². The summed E-state index contributed by atoms with van der Waals surface area (Å²) in [5, 5.41) is 11.3. The molecule has 2 heteroatoms. The molecule has 0 radical (unpaired) electrons. The maximum absolute atomic E-state index is 8.28. The highest BCUT2D eigenvalue weighted by molar-refractivity contribution is 4.78. The fourth-order valence-corrected chi connectivity index (χ4v) is 0.382. The van der Waals surface area contributed by atoms with Crippen LogP contribution >= 0.6 is 0 Å². The molecule has 0 atom stereocenters. The molecule has 0 saturated heterocycles. The zero-order valence-electron chi connectivity index (χ0n) is 5.22. The van der Waals surface area contributed by atoms with Crippen LogP contribution in [0.2, 0.25) is 0 Å². The molecule has 0 bridgehead atoms. The molecule has 0 unspecified atom stereocenters. The average Bonchev–Trinajstić information content (AvgIpc) is 1.81. The summed E-state index contributed by atoms with van der Waals surface area (Å²) in [5.41, 5.74) is 0. The minimum absolute atomic E-state index is 0.220. The largest absolute Gasteiger partial charge is 0.395 e. The zero-order chi connectivity index (χ0) is 6.24. The maximum Gasteiger partial charge on any atom is 0.0556 e. The van der Waals surface area contributed by atoms with Gasteiger partial charge in [0.2, 0.25) is 0 Å². The van der Waals surface area contributed by atoms with Gasteiger partial charge in [-0.15, -0.1) is 0 Å². The Hall–Kier alpha value is -0.340. The third-order valence-electron chi connectivity index (χ3n) is 0.786. The molecular weight excluding hydrogens is 102 g/mol. The van der Waals surface area contributed by atoms with E-state index in [9.17, 15) is 0 Å². The van der Waals surface area contributed by atoms with E-state index >= 15 is 0 Å². The molecule has 0 saturated carbocycles. The van der Waals surface area contributed by atoms with Crippen molar-refractivity contribution in [1.82, 2.24) is 5.32 Å². The number of allylic oxidation sites excluding steroid dienone is 1. The number of hydrogen-bond acceptors (Lipinski definition) is 2. The van der Waals surface area contributed by atoms with Crippen molar-refractivity contribution < 1.29 is 5.11 Å².